The van der Waals surface area contributed by atoms with Crippen LogP contribution in [-0.4, -0.2) is 47.4 Å². The average Bonchev–Trinajstić information content (AvgIpc) is 3.26. The monoisotopic (exact) mass is 615 g/mol. The van der Waals surface area contributed by atoms with Crippen LogP contribution in [0.5, 0.6) is 5.75 Å². The maximum absolute atomic E-state index is 15.4. The molecule has 1 fully saturated rings. The summed E-state index contributed by atoms with van der Waals surface area (Å²) in [6.07, 6.45) is -0.426. The van der Waals surface area contributed by atoms with Gasteiger partial charge in [0.1, 0.15) is 6.17 Å². The van der Waals surface area contributed by atoms with E-state index in [0.29, 0.717) is 16.7 Å². The molecule has 0 aliphatic carbocycles. The number of hydrogen-bond acceptors (Lipinski definition) is 8. The summed E-state index contributed by atoms with van der Waals surface area (Å²) < 4.78 is 48.9. The lowest BCUT2D eigenvalue weighted by molar-refractivity contribution is -0.0417. The number of ether oxygens (including phenoxy) is 3. The Kier molecular flexibility index (Phi) is 6.24. The first-order chi connectivity index (χ1) is 21.4. The van der Waals surface area contributed by atoms with Crippen molar-refractivity contribution in [2.45, 2.75) is 29.1 Å². The van der Waals surface area contributed by atoms with Gasteiger partial charge >= 0.3 is 5.97 Å². The van der Waals surface area contributed by atoms with Crippen LogP contribution in [0.3, 0.4) is 0 Å². The molecule has 222 valence electrons. The van der Waals surface area contributed by atoms with E-state index in [4.69, 9.17) is 14.2 Å². The zero-order chi connectivity index (χ0) is 30.1. The SMILES string of the molecule is O=C1OC(Oc2c3n(ccc2=O)N([C@@H]2c4ccccc4SCc4c2ccc(F)c4F)[C@@H]2COCCN2C3=O)c2ccccc21. The van der Waals surface area contributed by atoms with E-state index in [1.54, 1.807) is 39.9 Å². The van der Waals surface area contributed by atoms with Crippen LogP contribution >= 0.6 is 11.8 Å². The summed E-state index contributed by atoms with van der Waals surface area (Å²) in [6, 6.07) is 17.5. The predicted molar refractivity (Wildman–Crippen MR) is 154 cm³/mol. The van der Waals surface area contributed by atoms with Gasteiger partial charge in [0.15, 0.2) is 17.3 Å². The Labute approximate surface area is 253 Å². The molecule has 5 heterocycles. The lowest BCUT2D eigenvalue weighted by atomic mass is 9.93. The molecule has 12 heteroatoms. The molecule has 1 amide bonds. The largest absolute Gasteiger partial charge is 0.444 e. The maximum atomic E-state index is 15.4. The van der Waals surface area contributed by atoms with Crippen molar-refractivity contribution < 1.29 is 32.6 Å². The van der Waals surface area contributed by atoms with Crippen molar-refractivity contribution >= 4 is 23.6 Å². The minimum atomic E-state index is -1.24. The number of morpholine rings is 1. The molecule has 8 rings (SSSR count). The van der Waals surface area contributed by atoms with Crippen LogP contribution in [-0.2, 0) is 15.2 Å². The van der Waals surface area contributed by atoms with Crippen molar-refractivity contribution in [3.05, 3.63) is 128 Å². The molecule has 0 N–H and O–H groups in total. The lowest BCUT2D eigenvalue weighted by Gasteiger charge is -2.51. The molecule has 0 bridgehead atoms. The molecule has 0 spiro atoms. The number of amides is 1. The van der Waals surface area contributed by atoms with Crippen LogP contribution in [0.25, 0.3) is 0 Å². The predicted octanol–water partition coefficient (Wildman–Crippen LogP) is 4.52. The summed E-state index contributed by atoms with van der Waals surface area (Å²) in [5.41, 5.74) is 1.63. The minimum absolute atomic E-state index is 0.0744. The van der Waals surface area contributed by atoms with Gasteiger partial charge in [-0.2, -0.15) is 0 Å². The summed E-state index contributed by atoms with van der Waals surface area (Å²) in [5.74, 6) is -3.04. The Balaban J connectivity index is 1.35. The van der Waals surface area contributed by atoms with E-state index in [1.165, 1.54) is 24.0 Å². The molecular weight excluding hydrogens is 592 g/mol. The second-order valence-electron chi connectivity index (χ2n) is 10.7. The Morgan fingerprint density at radius 3 is 2.57 bits per heavy atom. The molecular formula is C32H23F2N3O6S. The fraction of sp³-hybridized carbons (Fsp3) is 0.219. The number of carbonyl (C=O) groups is 2. The van der Waals surface area contributed by atoms with Gasteiger partial charge in [-0.15, -0.1) is 11.8 Å². The van der Waals surface area contributed by atoms with Crippen LogP contribution in [0.1, 0.15) is 55.4 Å². The van der Waals surface area contributed by atoms with Crippen LogP contribution in [0.15, 0.2) is 82.6 Å². The van der Waals surface area contributed by atoms with Crippen molar-refractivity contribution in [3.63, 3.8) is 0 Å². The fourth-order valence-corrected chi connectivity index (χ4v) is 7.51. The van der Waals surface area contributed by atoms with Gasteiger partial charge in [-0.3, -0.25) is 19.3 Å². The molecule has 44 heavy (non-hydrogen) atoms. The molecule has 0 radical (unpaired) electrons. The fourth-order valence-electron chi connectivity index (χ4n) is 6.39. The molecule has 9 nitrogen and oxygen atoms in total. The number of fused-ring (bicyclic) bond motifs is 5. The molecule has 1 unspecified atom stereocenters. The highest BCUT2D eigenvalue weighted by molar-refractivity contribution is 7.98. The molecule has 0 saturated carbocycles. The first-order valence-electron chi connectivity index (χ1n) is 14.0. The van der Waals surface area contributed by atoms with Crippen LogP contribution in [0.2, 0.25) is 0 Å². The number of pyridine rings is 1. The van der Waals surface area contributed by atoms with Gasteiger partial charge in [0.2, 0.25) is 11.2 Å². The van der Waals surface area contributed by atoms with Crippen LogP contribution < -0.4 is 15.2 Å². The normalized spacial score (nSPS) is 21.8. The third-order valence-corrected chi connectivity index (χ3v) is 9.52. The summed E-state index contributed by atoms with van der Waals surface area (Å²) >= 11 is 1.40. The number of rotatable bonds is 3. The van der Waals surface area contributed by atoms with Gasteiger partial charge in [-0.25, -0.2) is 13.6 Å². The average molecular weight is 616 g/mol. The number of benzene rings is 3. The van der Waals surface area contributed by atoms with Gasteiger partial charge in [0.05, 0.1) is 24.8 Å². The standard InChI is InChI=1S/C32H23F2N3O6S/c33-22-10-9-17-21(26(22)34)16-44-24-8-4-3-7-20(24)27(17)37-25-15-41-14-13-35(25)30(39)28-29(23(38)11-12-36(28)37)42-32-19-6-2-1-5-18(19)31(40)43-32/h1-12,25,27,32H,13-16H2/t25-,27+,32?/m1/s1. The Hall–Kier alpha value is -4.68. The molecule has 1 aromatic heterocycles. The van der Waals surface area contributed by atoms with Crippen molar-refractivity contribution in [2.24, 2.45) is 0 Å². The summed E-state index contributed by atoms with van der Waals surface area (Å²) in [5, 5.41) is 1.86. The second kappa shape index (κ2) is 10.2. The van der Waals surface area contributed by atoms with Crippen molar-refractivity contribution in [1.82, 2.24) is 9.58 Å². The van der Waals surface area contributed by atoms with E-state index in [-0.39, 0.29) is 42.5 Å². The van der Waals surface area contributed by atoms with E-state index in [0.717, 1.165) is 16.5 Å². The van der Waals surface area contributed by atoms with Crippen molar-refractivity contribution in [3.8, 4) is 5.75 Å². The number of hydrogen-bond donors (Lipinski definition) is 0. The maximum Gasteiger partial charge on any atom is 0.342 e. The molecule has 4 aromatic rings. The Morgan fingerprint density at radius 2 is 1.70 bits per heavy atom. The summed E-state index contributed by atoms with van der Waals surface area (Å²) in [4.78, 5) is 42.6. The Morgan fingerprint density at radius 1 is 0.909 bits per heavy atom. The third kappa shape index (κ3) is 3.97. The number of esters is 1. The van der Waals surface area contributed by atoms with Crippen molar-refractivity contribution in [1.29, 1.82) is 0 Å². The highest BCUT2D eigenvalue weighted by atomic mass is 32.2. The smallest absolute Gasteiger partial charge is 0.342 e. The second-order valence-corrected chi connectivity index (χ2v) is 11.8. The zero-order valence-corrected chi connectivity index (χ0v) is 23.8. The number of thioether (sulfide) groups is 1. The molecule has 3 aromatic carbocycles. The molecule has 1 saturated heterocycles. The summed E-state index contributed by atoms with van der Waals surface area (Å²) in [7, 11) is 0. The number of cyclic esters (lactones) is 1. The quantitative estimate of drug-likeness (QED) is 0.311. The van der Waals surface area contributed by atoms with Crippen molar-refractivity contribution in [2.75, 3.05) is 24.8 Å². The third-order valence-electron chi connectivity index (χ3n) is 8.41. The molecule has 3 atom stereocenters. The summed E-state index contributed by atoms with van der Waals surface area (Å²) in [6.45, 7) is 0.619. The lowest BCUT2D eigenvalue weighted by Crippen LogP contribution is -2.66. The highest BCUT2D eigenvalue weighted by Crippen LogP contribution is 2.45. The Bertz CT molecular complexity index is 1930. The highest BCUT2D eigenvalue weighted by Gasteiger charge is 2.47. The number of carbonyl (C=O) groups excluding carboxylic acids is 2. The first kappa shape index (κ1) is 26.9. The van der Waals surface area contributed by atoms with Crippen LogP contribution in [0.4, 0.5) is 8.78 Å². The van der Waals surface area contributed by atoms with Gasteiger partial charge < -0.3 is 19.1 Å². The van der Waals surface area contributed by atoms with E-state index in [9.17, 15) is 18.8 Å². The van der Waals surface area contributed by atoms with E-state index < -0.39 is 47.4 Å². The van der Waals surface area contributed by atoms with E-state index in [1.807, 2.05) is 29.3 Å². The first-order valence-corrected chi connectivity index (χ1v) is 15.0. The number of halogens is 2. The number of nitrogens with zero attached hydrogens (tertiary/aromatic N) is 3. The van der Waals surface area contributed by atoms with E-state index >= 15 is 4.39 Å². The zero-order valence-electron chi connectivity index (χ0n) is 22.9. The molecule has 4 aliphatic heterocycles. The minimum Gasteiger partial charge on any atom is -0.444 e. The van der Waals surface area contributed by atoms with E-state index in [2.05, 4.69) is 0 Å². The molecule has 4 aliphatic rings. The van der Waals surface area contributed by atoms with Gasteiger partial charge in [0.25, 0.3) is 12.2 Å². The van der Waals surface area contributed by atoms with Gasteiger partial charge in [0, 0.05) is 40.6 Å². The topological polar surface area (TPSA) is 90.3 Å². The number of aromatic nitrogens is 1. The van der Waals surface area contributed by atoms with Crippen LogP contribution in [0, 0.1) is 11.6 Å². The van der Waals surface area contributed by atoms with Gasteiger partial charge in [-0.1, -0.05) is 42.5 Å². The van der Waals surface area contributed by atoms with Gasteiger partial charge in [-0.05, 0) is 29.3 Å².